The zero-order chi connectivity index (χ0) is 16.0. The summed E-state index contributed by atoms with van der Waals surface area (Å²) in [5, 5.41) is 12.4. The van der Waals surface area contributed by atoms with E-state index in [9.17, 15) is 14.7 Å². The molecule has 1 saturated heterocycles. The average molecular weight is 299 g/mol. The lowest BCUT2D eigenvalue weighted by Gasteiger charge is -2.40. The zero-order valence-corrected chi connectivity index (χ0v) is 13.7. The summed E-state index contributed by atoms with van der Waals surface area (Å²) in [4.78, 5) is 27.3. The molecule has 0 bridgehead atoms. The van der Waals surface area contributed by atoms with Gasteiger partial charge < -0.3 is 20.2 Å². The van der Waals surface area contributed by atoms with E-state index in [2.05, 4.69) is 5.32 Å². The first kappa shape index (κ1) is 17.8. The highest BCUT2D eigenvalue weighted by molar-refractivity contribution is 5.76. The largest absolute Gasteiger partial charge is 0.481 e. The Bertz CT molecular complexity index is 371. The van der Waals surface area contributed by atoms with Crippen LogP contribution in [0.4, 0.5) is 4.79 Å². The van der Waals surface area contributed by atoms with E-state index in [1.54, 1.807) is 23.6 Å². The topological polar surface area (TPSA) is 72.9 Å². The maximum absolute atomic E-state index is 12.4. The van der Waals surface area contributed by atoms with E-state index in [1.165, 1.54) is 0 Å². The lowest BCUT2D eigenvalue weighted by molar-refractivity contribution is -0.151. The molecule has 122 valence electrons. The van der Waals surface area contributed by atoms with Crippen LogP contribution in [-0.4, -0.2) is 67.2 Å². The highest BCUT2D eigenvalue weighted by Gasteiger charge is 2.40. The summed E-state index contributed by atoms with van der Waals surface area (Å²) < 4.78 is 0. The molecule has 6 heteroatoms. The van der Waals surface area contributed by atoms with Crippen LogP contribution in [-0.2, 0) is 4.79 Å². The van der Waals surface area contributed by atoms with Crippen LogP contribution in [0, 0.1) is 11.3 Å². The molecule has 1 atom stereocenters. The monoisotopic (exact) mass is 299 g/mol. The van der Waals surface area contributed by atoms with Gasteiger partial charge in [-0.1, -0.05) is 0 Å². The summed E-state index contributed by atoms with van der Waals surface area (Å²) in [6, 6.07) is 0.0111. The van der Waals surface area contributed by atoms with Crippen molar-refractivity contribution in [2.45, 2.75) is 33.1 Å². The Balaban J connectivity index is 2.59. The van der Waals surface area contributed by atoms with Crippen molar-refractivity contribution < 1.29 is 14.7 Å². The van der Waals surface area contributed by atoms with E-state index in [-0.39, 0.29) is 11.9 Å². The first-order chi connectivity index (χ1) is 9.80. The van der Waals surface area contributed by atoms with Crippen LogP contribution in [0.15, 0.2) is 0 Å². The van der Waals surface area contributed by atoms with Gasteiger partial charge in [-0.15, -0.1) is 0 Å². The molecule has 0 aromatic heterocycles. The number of nitrogens with one attached hydrogen (secondary N) is 1. The molecule has 0 aliphatic carbocycles. The molecule has 0 spiro atoms. The fourth-order valence-electron chi connectivity index (χ4n) is 2.74. The van der Waals surface area contributed by atoms with Gasteiger partial charge in [0, 0.05) is 26.7 Å². The van der Waals surface area contributed by atoms with Gasteiger partial charge in [0.1, 0.15) is 0 Å². The van der Waals surface area contributed by atoms with Crippen molar-refractivity contribution in [3.63, 3.8) is 0 Å². The SMILES string of the molecule is CNCCCN(C)C(=O)N1CCCC(C(C)(C)C(=O)O)C1. The van der Waals surface area contributed by atoms with Gasteiger partial charge >= 0.3 is 12.0 Å². The number of carbonyl (C=O) groups excluding carboxylic acids is 1. The molecule has 1 fully saturated rings. The molecule has 2 N–H and O–H groups in total. The van der Waals surface area contributed by atoms with Gasteiger partial charge in [-0.3, -0.25) is 4.79 Å². The third-order valence-electron chi connectivity index (χ3n) is 4.51. The fourth-order valence-corrected chi connectivity index (χ4v) is 2.74. The molecule has 1 heterocycles. The van der Waals surface area contributed by atoms with Crippen molar-refractivity contribution in [1.82, 2.24) is 15.1 Å². The van der Waals surface area contributed by atoms with Crippen LogP contribution in [0.5, 0.6) is 0 Å². The molecule has 2 amide bonds. The number of amides is 2. The van der Waals surface area contributed by atoms with Crippen molar-refractivity contribution in [2.75, 3.05) is 40.3 Å². The minimum atomic E-state index is -0.788. The molecule has 1 rings (SSSR count). The molecular formula is C15H29N3O3. The second kappa shape index (κ2) is 7.64. The van der Waals surface area contributed by atoms with Crippen LogP contribution in [0.1, 0.15) is 33.1 Å². The molecular weight excluding hydrogens is 270 g/mol. The number of urea groups is 1. The van der Waals surface area contributed by atoms with E-state index in [0.717, 1.165) is 32.4 Å². The van der Waals surface area contributed by atoms with Crippen LogP contribution >= 0.6 is 0 Å². The van der Waals surface area contributed by atoms with Crippen LogP contribution in [0.2, 0.25) is 0 Å². The molecule has 0 saturated carbocycles. The molecule has 6 nitrogen and oxygen atoms in total. The van der Waals surface area contributed by atoms with Crippen molar-refractivity contribution in [1.29, 1.82) is 0 Å². The summed E-state index contributed by atoms with van der Waals surface area (Å²) in [5.74, 6) is -0.775. The summed E-state index contributed by atoms with van der Waals surface area (Å²) in [6.07, 6.45) is 2.65. The summed E-state index contributed by atoms with van der Waals surface area (Å²) in [6.45, 7) is 6.36. The molecule has 1 aliphatic heterocycles. The molecule has 0 aromatic rings. The third-order valence-corrected chi connectivity index (χ3v) is 4.51. The highest BCUT2D eigenvalue weighted by Crippen LogP contribution is 2.34. The standard InChI is InChI=1S/C15H29N3O3/c1-15(2,13(19)20)12-7-5-10-18(11-12)14(21)17(4)9-6-8-16-3/h12,16H,5-11H2,1-4H3,(H,19,20). The van der Waals surface area contributed by atoms with E-state index in [0.29, 0.717) is 13.1 Å². The second-order valence-corrected chi connectivity index (χ2v) is 6.47. The Labute approximate surface area is 127 Å². The molecule has 1 aliphatic rings. The molecule has 0 aromatic carbocycles. The smallest absolute Gasteiger partial charge is 0.319 e. The highest BCUT2D eigenvalue weighted by atomic mass is 16.4. The number of carboxylic acids is 1. The van der Waals surface area contributed by atoms with E-state index < -0.39 is 11.4 Å². The van der Waals surface area contributed by atoms with Crippen molar-refractivity contribution >= 4 is 12.0 Å². The number of piperidine rings is 1. The lowest BCUT2D eigenvalue weighted by Crippen LogP contribution is -2.50. The van der Waals surface area contributed by atoms with Crippen molar-refractivity contribution in [3.8, 4) is 0 Å². The minimum Gasteiger partial charge on any atom is -0.481 e. The number of hydrogen-bond acceptors (Lipinski definition) is 3. The Morgan fingerprint density at radius 1 is 1.43 bits per heavy atom. The Morgan fingerprint density at radius 3 is 2.67 bits per heavy atom. The van der Waals surface area contributed by atoms with E-state index in [1.807, 2.05) is 14.1 Å². The quantitative estimate of drug-likeness (QED) is 0.729. The minimum absolute atomic E-state index is 0.0111. The third kappa shape index (κ3) is 4.59. The van der Waals surface area contributed by atoms with Crippen molar-refractivity contribution in [3.05, 3.63) is 0 Å². The van der Waals surface area contributed by atoms with Gasteiger partial charge in [0.2, 0.25) is 0 Å². The average Bonchev–Trinajstić information content (AvgIpc) is 2.46. The van der Waals surface area contributed by atoms with E-state index >= 15 is 0 Å². The number of carboxylic acid groups (broad SMARTS) is 1. The zero-order valence-electron chi connectivity index (χ0n) is 13.7. The number of rotatable bonds is 6. The van der Waals surface area contributed by atoms with Crippen LogP contribution in [0.25, 0.3) is 0 Å². The predicted molar refractivity (Wildman–Crippen MR) is 82.3 cm³/mol. The predicted octanol–water partition coefficient (Wildman–Crippen LogP) is 1.47. The number of likely N-dealkylation sites (tertiary alicyclic amines) is 1. The van der Waals surface area contributed by atoms with Gasteiger partial charge in [0.15, 0.2) is 0 Å². The lowest BCUT2D eigenvalue weighted by atomic mass is 9.74. The van der Waals surface area contributed by atoms with Crippen LogP contribution in [0.3, 0.4) is 0 Å². The van der Waals surface area contributed by atoms with Gasteiger partial charge in [0.25, 0.3) is 0 Å². The van der Waals surface area contributed by atoms with Gasteiger partial charge in [0.05, 0.1) is 5.41 Å². The second-order valence-electron chi connectivity index (χ2n) is 6.47. The van der Waals surface area contributed by atoms with Gasteiger partial charge in [-0.2, -0.15) is 0 Å². The summed E-state index contributed by atoms with van der Waals surface area (Å²) >= 11 is 0. The maximum Gasteiger partial charge on any atom is 0.319 e. The fraction of sp³-hybridized carbons (Fsp3) is 0.867. The normalized spacial score (nSPS) is 19.4. The van der Waals surface area contributed by atoms with E-state index in [4.69, 9.17) is 0 Å². The van der Waals surface area contributed by atoms with Gasteiger partial charge in [-0.25, -0.2) is 4.79 Å². The van der Waals surface area contributed by atoms with Crippen LogP contribution < -0.4 is 5.32 Å². The number of hydrogen-bond donors (Lipinski definition) is 2. The number of aliphatic carboxylic acids is 1. The molecule has 21 heavy (non-hydrogen) atoms. The Hall–Kier alpha value is -1.30. The Kier molecular flexibility index (Phi) is 6.45. The number of nitrogens with zero attached hydrogens (tertiary/aromatic N) is 2. The molecule has 0 radical (unpaired) electrons. The number of carbonyl (C=O) groups is 2. The first-order valence-electron chi connectivity index (χ1n) is 7.68. The first-order valence-corrected chi connectivity index (χ1v) is 7.68. The Morgan fingerprint density at radius 2 is 2.10 bits per heavy atom. The summed E-state index contributed by atoms with van der Waals surface area (Å²) in [5.41, 5.74) is -0.788. The van der Waals surface area contributed by atoms with Crippen molar-refractivity contribution in [2.24, 2.45) is 11.3 Å². The summed E-state index contributed by atoms with van der Waals surface area (Å²) in [7, 11) is 3.70. The maximum atomic E-state index is 12.4. The molecule has 1 unspecified atom stereocenters. The van der Waals surface area contributed by atoms with Gasteiger partial charge in [-0.05, 0) is 52.6 Å².